The first-order valence-corrected chi connectivity index (χ1v) is 35.3. The molecule has 20 rings (SSSR count). The minimum absolute atomic E-state index is 0.148. The van der Waals surface area contributed by atoms with Crippen LogP contribution in [0.1, 0.15) is 98.5 Å². The second kappa shape index (κ2) is 21.1. The predicted octanol–water partition coefficient (Wildman–Crippen LogP) is 26.2. The van der Waals surface area contributed by atoms with Crippen LogP contribution in [0.4, 0.5) is 34.1 Å². The van der Waals surface area contributed by atoms with E-state index in [4.69, 9.17) is 8.83 Å². The number of hydrogen-bond acceptors (Lipinski definition) is 4. The van der Waals surface area contributed by atoms with Crippen LogP contribution in [-0.2, 0) is 28.1 Å². The molecule has 478 valence electrons. The lowest BCUT2D eigenvalue weighted by Gasteiger charge is -2.31. The van der Waals surface area contributed by atoms with Gasteiger partial charge in [0.15, 0.2) is 0 Å². The molecular formula is C96H72N2O2. The molecule has 0 bridgehead atoms. The molecule has 100 heavy (non-hydrogen) atoms. The third-order valence-corrected chi connectivity index (χ3v) is 23.5. The van der Waals surface area contributed by atoms with Gasteiger partial charge in [-0.1, -0.05) is 243 Å². The van der Waals surface area contributed by atoms with E-state index in [0.29, 0.717) is 0 Å². The number of furan rings is 2. The van der Waals surface area contributed by atoms with Gasteiger partial charge in [0.25, 0.3) is 0 Å². The van der Waals surface area contributed by atoms with Crippen LogP contribution in [-0.4, -0.2) is 0 Å². The molecule has 14 aromatic carbocycles. The highest BCUT2D eigenvalue weighted by molar-refractivity contribution is 6.10. The van der Waals surface area contributed by atoms with E-state index < -0.39 is 0 Å². The van der Waals surface area contributed by atoms with Crippen molar-refractivity contribution in [2.75, 3.05) is 9.80 Å². The van der Waals surface area contributed by atoms with E-state index in [1.54, 1.807) is 0 Å². The summed E-state index contributed by atoms with van der Waals surface area (Å²) in [5, 5.41) is 4.49. The monoisotopic (exact) mass is 1280 g/mol. The van der Waals surface area contributed by atoms with Gasteiger partial charge in [0.1, 0.15) is 22.3 Å². The molecule has 2 heterocycles. The van der Waals surface area contributed by atoms with E-state index in [1.807, 2.05) is 12.1 Å². The van der Waals surface area contributed by atoms with Crippen molar-refractivity contribution >= 4 is 78.0 Å². The van der Waals surface area contributed by atoms with Crippen molar-refractivity contribution in [3.8, 4) is 66.8 Å². The maximum absolute atomic E-state index is 7.02. The molecule has 4 nitrogen and oxygen atoms in total. The lowest BCUT2D eigenvalue weighted by atomic mass is 9.75. The van der Waals surface area contributed by atoms with E-state index in [1.165, 1.54) is 94.6 Å². The maximum Gasteiger partial charge on any atom is 0.143 e. The number of benzene rings is 14. The van der Waals surface area contributed by atoms with Gasteiger partial charge >= 0.3 is 0 Å². The fraction of sp³-hybridized carbons (Fsp3) is 0.125. The normalized spacial score (nSPS) is 15.9. The van der Waals surface area contributed by atoms with Crippen molar-refractivity contribution in [3.05, 3.63) is 347 Å². The number of fused-ring (bicyclic) bond motifs is 18. The summed E-state index contributed by atoms with van der Waals surface area (Å²) in [5.74, 6) is 0. The van der Waals surface area contributed by atoms with Crippen LogP contribution in [0.15, 0.2) is 306 Å². The van der Waals surface area contributed by atoms with Crippen molar-refractivity contribution < 1.29 is 8.83 Å². The molecule has 2 aromatic heterocycles. The molecule has 1 unspecified atom stereocenters. The Bertz CT molecular complexity index is 6020. The molecule has 4 aliphatic rings. The van der Waals surface area contributed by atoms with E-state index in [-0.39, 0.29) is 21.7 Å². The van der Waals surface area contributed by atoms with Gasteiger partial charge in [-0.15, -0.1) is 0 Å². The van der Waals surface area contributed by atoms with E-state index in [2.05, 4.69) is 343 Å². The highest BCUT2D eigenvalue weighted by Crippen LogP contribution is 2.57. The lowest BCUT2D eigenvalue weighted by molar-refractivity contribution is 0.583. The second-order valence-corrected chi connectivity index (χ2v) is 30.2. The smallest absolute Gasteiger partial charge is 0.143 e. The van der Waals surface area contributed by atoms with Gasteiger partial charge < -0.3 is 18.6 Å². The van der Waals surface area contributed by atoms with Crippen molar-refractivity contribution in [1.29, 1.82) is 0 Å². The first-order valence-electron chi connectivity index (χ1n) is 35.3. The second-order valence-electron chi connectivity index (χ2n) is 30.2. The summed E-state index contributed by atoms with van der Waals surface area (Å²) in [7, 11) is 0. The Kier molecular flexibility index (Phi) is 12.4. The van der Waals surface area contributed by atoms with Crippen molar-refractivity contribution in [2.45, 2.75) is 76.5 Å². The summed E-state index contributed by atoms with van der Waals surface area (Å²) in [4.78, 5) is 4.94. The van der Waals surface area contributed by atoms with Gasteiger partial charge in [0, 0.05) is 82.9 Å². The van der Waals surface area contributed by atoms with Gasteiger partial charge in [0.05, 0.1) is 0 Å². The zero-order valence-corrected chi connectivity index (χ0v) is 57.2. The van der Waals surface area contributed by atoms with Gasteiger partial charge in [0.2, 0.25) is 0 Å². The van der Waals surface area contributed by atoms with Crippen LogP contribution in [0, 0.1) is 0 Å². The average Bonchev–Trinajstić information content (AvgIpc) is 1.54. The van der Waals surface area contributed by atoms with Crippen molar-refractivity contribution in [2.24, 2.45) is 0 Å². The van der Waals surface area contributed by atoms with Crippen LogP contribution in [0.3, 0.4) is 0 Å². The third-order valence-electron chi connectivity index (χ3n) is 23.5. The lowest BCUT2D eigenvalue weighted by Crippen LogP contribution is -2.24. The molecule has 0 aliphatic heterocycles. The number of para-hydroxylation sites is 2. The average molecular weight is 1290 g/mol. The van der Waals surface area contributed by atoms with E-state index in [9.17, 15) is 0 Å². The molecule has 0 saturated heterocycles. The Balaban J connectivity index is 0.658. The van der Waals surface area contributed by atoms with Crippen LogP contribution < -0.4 is 9.80 Å². The van der Waals surface area contributed by atoms with Gasteiger partial charge in [-0.25, -0.2) is 0 Å². The van der Waals surface area contributed by atoms with Crippen LogP contribution in [0.5, 0.6) is 0 Å². The SMILES string of the molecule is CC1(C)c2ccccc2-c2ccc(N(c3ccc(-c4cccc5c4oc4ccc(CC6(C)c7ccccc7-c7ccc(N(c8ccc(-c9ccc%10oc%11ccccc%11c%10c9)cc8)c8ccc9c(c8)C(C)(C)c8ccccc8-9)cc76)cc45)cc3)c3ccc4c(c3)C(C)(C)c3ccccc3-4)cc21. The molecule has 0 radical (unpaired) electrons. The summed E-state index contributed by atoms with van der Waals surface area (Å²) in [6.07, 6.45) is 0.792. The fourth-order valence-corrected chi connectivity index (χ4v) is 18.4. The molecule has 0 fully saturated rings. The predicted molar refractivity (Wildman–Crippen MR) is 416 cm³/mol. The molecule has 1 atom stereocenters. The fourth-order valence-electron chi connectivity index (χ4n) is 18.4. The first-order chi connectivity index (χ1) is 48.7. The van der Waals surface area contributed by atoms with Crippen LogP contribution >= 0.6 is 0 Å². The quantitative estimate of drug-likeness (QED) is 0.137. The van der Waals surface area contributed by atoms with Gasteiger partial charge in [-0.05, 0) is 221 Å². The third kappa shape index (κ3) is 8.46. The summed E-state index contributed by atoms with van der Waals surface area (Å²) < 4.78 is 13.3. The largest absolute Gasteiger partial charge is 0.456 e. The molecule has 4 aliphatic carbocycles. The highest BCUT2D eigenvalue weighted by atomic mass is 16.3. The Hall–Kier alpha value is -11.7. The molecule has 0 spiro atoms. The zero-order chi connectivity index (χ0) is 67.1. The minimum atomic E-state index is -0.370. The molecule has 4 heteroatoms. The Morgan fingerprint density at radius 1 is 0.240 bits per heavy atom. The minimum Gasteiger partial charge on any atom is -0.456 e. The number of rotatable bonds is 10. The Morgan fingerprint density at radius 3 is 1.15 bits per heavy atom. The van der Waals surface area contributed by atoms with E-state index >= 15 is 0 Å². The summed E-state index contributed by atoms with van der Waals surface area (Å²) >= 11 is 0. The molecule has 16 aromatic rings. The van der Waals surface area contributed by atoms with Crippen molar-refractivity contribution in [1.82, 2.24) is 0 Å². The first kappa shape index (κ1) is 58.4. The number of anilines is 6. The number of hydrogen-bond donors (Lipinski definition) is 0. The number of nitrogens with zero attached hydrogens (tertiary/aromatic N) is 2. The topological polar surface area (TPSA) is 32.8 Å². The standard InChI is InChI=1S/C96H72N2O2/c1-93(2)81-26-13-8-19-69(81)73-45-41-64(53-85(73)93)97(65-42-46-74-70-20-9-14-27-82(70)94(3,4)86(74)54-65)63-39-34-60(35-40-63)68-24-18-25-78-79-51-58(31-49-91(79)100-92(68)78)57-96(7)84-29-16-11-22-72(84)76-48-44-67(56-88(76)96)98(66-43-47-75-71-21-10-15-28-83(71)95(5,6)87(75)55-66)62-37-32-59(33-38-62)61-36-50-90-80(52-61)77-23-12-17-30-89(77)99-90/h8-56H,57H2,1-7H3. The molecule has 0 N–H and O–H groups in total. The Labute approximate surface area is 583 Å². The zero-order valence-electron chi connectivity index (χ0n) is 57.2. The summed E-state index contributed by atoms with van der Waals surface area (Å²) in [6, 6.07) is 111. The molecule has 0 amide bonds. The van der Waals surface area contributed by atoms with Gasteiger partial charge in [-0.3, -0.25) is 0 Å². The molecular weight excluding hydrogens is 1210 g/mol. The summed E-state index contributed by atoms with van der Waals surface area (Å²) in [6.45, 7) is 16.7. The Morgan fingerprint density at radius 2 is 0.610 bits per heavy atom. The van der Waals surface area contributed by atoms with Crippen LogP contribution in [0.2, 0.25) is 0 Å². The highest BCUT2D eigenvalue weighted by Gasteiger charge is 2.42. The van der Waals surface area contributed by atoms with E-state index in [0.717, 1.165) is 107 Å². The van der Waals surface area contributed by atoms with Crippen LogP contribution in [0.25, 0.3) is 111 Å². The maximum atomic E-state index is 7.02. The van der Waals surface area contributed by atoms with Gasteiger partial charge in [-0.2, -0.15) is 0 Å². The van der Waals surface area contributed by atoms with Crippen molar-refractivity contribution in [3.63, 3.8) is 0 Å². The summed E-state index contributed by atoms with van der Waals surface area (Å²) in [5.41, 5.74) is 36.5. The molecule has 0 saturated carbocycles.